The van der Waals surface area contributed by atoms with Crippen LogP contribution in [0.15, 0.2) is 18.2 Å². The Morgan fingerprint density at radius 1 is 1.31 bits per heavy atom. The van der Waals surface area contributed by atoms with Gasteiger partial charge in [0.25, 0.3) is 11.8 Å². The van der Waals surface area contributed by atoms with Crippen LogP contribution in [0.3, 0.4) is 0 Å². The second kappa shape index (κ2) is 9.43. The monoisotopic (exact) mass is 363 g/mol. The van der Waals surface area contributed by atoms with Crippen molar-refractivity contribution >= 4 is 11.8 Å². The van der Waals surface area contributed by atoms with Crippen LogP contribution in [0.2, 0.25) is 0 Å². The number of ether oxygens (including phenoxy) is 2. The SMILES string of the molecule is COc1cc(C(=O)N2CCCCC2CN)ccc1OCC(=O)NC(C)C. The van der Waals surface area contributed by atoms with Crippen LogP contribution in [0, 0.1) is 0 Å². The molecule has 3 N–H and O–H groups in total. The fourth-order valence-corrected chi connectivity index (χ4v) is 3.11. The molecule has 7 nitrogen and oxygen atoms in total. The number of carbonyl (C=O) groups is 2. The molecule has 0 spiro atoms. The molecule has 2 rings (SSSR count). The molecule has 1 aliphatic heterocycles. The predicted molar refractivity (Wildman–Crippen MR) is 99.5 cm³/mol. The van der Waals surface area contributed by atoms with Gasteiger partial charge < -0.3 is 25.4 Å². The van der Waals surface area contributed by atoms with E-state index in [1.807, 2.05) is 18.7 Å². The van der Waals surface area contributed by atoms with Crippen LogP contribution >= 0.6 is 0 Å². The van der Waals surface area contributed by atoms with Crippen LogP contribution in [0.25, 0.3) is 0 Å². The number of rotatable bonds is 7. The van der Waals surface area contributed by atoms with Crippen molar-refractivity contribution in [1.29, 1.82) is 0 Å². The standard InChI is InChI=1S/C19H29N3O4/c1-13(2)21-18(23)12-26-16-8-7-14(10-17(16)25-3)19(24)22-9-5-4-6-15(22)11-20/h7-8,10,13,15H,4-6,9,11-12,20H2,1-3H3,(H,21,23). The summed E-state index contributed by atoms with van der Waals surface area (Å²) in [6.07, 6.45) is 3.03. The largest absolute Gasteiger partial charge is 0.493 e. The van der Waals surface area contributed by atoms with E-state index in [1.165, 1.54) is 7.11 Å². The van der Waals surface area contributed by atoms with E-state index in [9.17, 15) is 9.59 Å². The quantitative estimate of drug-likeness (QED) is 0.767. The highest BCUT2D eigenvalue weighted by atomic mass is 16.5. The van der Waals surface area contributed by atoms with E-state index in [2.05, 4.69) is 5.32 Å². The number of likely N-dealkylation sites (tertiary alicyclic amines) is 1. The van der Waals surface area contributed by atoms with Crippen molar-refractivity contribution in [1.82, 2.24) is 10.2 Å². The van der Waals surface area contributed by atoms with E-state index in [1.54, 1.807) is 18.2 Å². The van der Waals surface area contributed by atoms with E-state index in [0.29, 0.717) is 23.6 Å². The van der Waals surface area contributed by atoms with Gasteiger partial charge in [0.05, 0.1) is 7.11 Å². The van der Waals surface area contributed by atoms with Gasteiger partial charge in [-0.3, -0.25) is 9.59 Å². The number of hydrogen-bond acceptors (Lipinski definition) is 5. The number of nitrogens with two attached hydrogens (primary N) is 1. The summed E-state index contributed by atoms with van der Waals surface area (Å²) in [5, 5.41) is 2.76. The molecule has 1 heterocycles. The summed E-state index contributed by atoms with van der Waals surface area (Å²) in [6, 6.07) is 5.14. The van der Waals surface area contributed by atoms with Crippen LogP contribution in [0.1, 0.15) is 43.5 Å². The van der Waals surface area contributed by atoms with Crippen LogP contribution in [-0.4, -0.2) is 55.6 Å². The van der Waals surface area contributed by atoms with Gasteiger partial charge in [-0.25, -0.2) is 0 Å². The van der Waals surface area contributed by atoms with E-state index in [4.69, 9.17) is 15.2 Å². The van der Waals surface area contributed by atoms with Gasteiger partial charge in [0.15, 0.2) is 18.1 Å². The molecule has 144 valence electrons. The minimum Gasteiger partial charge on any atom is -0.493 e. The molecule has 0 bridgehead atoms. The van der Waals surface area contributed by atoms with E-state index >= 15 is 0 Å². The van der Waals surface area contributed by atoms with Crippen molar-refractivity contribution in [3.8, 4) is 11.5 Å². The molecule has 2 amide bonds. The Bertz CT molecular complexity index is 633. The molecule has 0 saturated carbocycles. The molecule has 7 heteroatoms. The van der Waals surface area contributed by atoms with Crippen molar-refractivity contribution in [3.05, 3.63) is 23.8 Å². The third kappa shape index (κ3) is 5.11. The highest BCUT2D eigenvalue weighted by molar-refractivity contribution is 5.95. The summed E-state index contributed by atoms with van der Waals surface area (Å²) < 4.78 is 10.9. The molecule has 1 fully saturated rings. The molecule has 0 radical (unpaired) electrons. The van der Waals surface area contributed by atoms with E-state index in [0.717, 1.165) is 25.8 Å². The van der Waals surface area contributed by atoms with E-state index in [-0.39, 0.29) is 30.5 Å². The van der Waals surface area contributed by atoms with Crippen molar-refractivity contribution in [2.45, 2.75) is 45.2 Å². The third-order valence-corrected chi connectivity index (χ3v) is 4.38. The summed E-state index contributed by atoms with van der Waals surface area (Å²) in [6.45, 7) is 4.84. The predicted octanol–water partition coefficient (Wildman–Crippen LogP) is 1.55. The highest BCUT2D eigenvalue weighted by Gasteiger charge is 2.27. The van der Waals surface area contributed by atoms with Gasteiger partial charge in [-0.2, -0.15) is 0 Å². The molecule has 1 aromatic carbocycles. The summed E-state index contributed by atoms with van der Waals surface area (Å²) in [7, 11) is 1.51. The average molecular weight is 363 g/mol. The molecule has 1 saturated heterocycles. The van der Waals surface area contributed by atoms with Crippen LogP contribution < -0.4 is 20.5 Å². The number of amides is 2. The maximum absolute atomic E-state index is 12.8. The van der Waals surface area contributed by atoms with Crippen LogP contribution in [0.5, 0.6) is 11.5 Å². The first-order valence-corrected chi connectivity index (χ1v) is 9.07. The molecular weight excluding hydrogens is 334 g/mol. The number of carbonyl (C=O) groups excluding carboxylic acids is 2. The van der Waals surface area contributed by atoms with Crippen molar-refractivity contribution in [3.63, 3.8) is 0 Å². The van der Waals surface area contributed by atoms with Gasteiger partial charge in [0.1, 0.15) is 0 Å². The topological polar surface area (TPSA) is 93.9 Å². The zero-order valence-electron chi connectivity index (χ0n) is 15.8. The van der Waals surface area contributed by atoms with E-state index < -0.39 is 0 Å². The zero-order valence-corrected chi connectivity index (χ0v) is 15.8. The number of piperidine rings is 1. The van der Waals surface area contributed by atoms with Gasteiger partial charge >= 0.3 is 0 Å². The second-order valence-electron chi connectivity index (χ2n) is 6.76. The minimum absolute atomic E-state index is 0.0491. The van der Waals surface area contributed by atoms with Crippen LogP contribution in [-0.2, 0) is 4.79 Å². The average Bonchev–Trinajstić information content (AvgIpc) is 2.65. The summed E-state index contributed by atoms with van der Waals surface area (Å²) in [5.74, 6) is 0.593. The Kier molecular flexibility index (Phi) is 7.26. The first-order chi connectivity index (χ1) is 12.5. The Balaban J connectivity index is 2.09. The first-order valence-electron chi connectivity index (χ1n) is 9.07. The van der Waals surface area contributed by atoms with Gasteiger partial charge in [0.2, 0.25) is 0 Å². The third-order valence-electron chi connectivity index (χ3n) is 4.38. The van der Waals surface area contributed by atoms with Gasteiger partial charge in [-0.15, -0.1) is 0 Å². The normalized spacial score (nSPS) is 17.1. The second-order valence-corrected chi connectivity index (χ2v) is 6.76. The molecule has 1 unspecified atom stereocenters. The number of nitrogens with one attached hydrogen (secondary N) is 1. The number of benzene rings is 1. The molecule has 1 aromatic rings. The highest BCUT2D eigenvalue weighted by Crippen LogP contribution is 2.29. The lowest BCUT2D eigenvalue weighted by Gasteiger charge is -2.35. The maximum atomic E-state index is 12.8. The van der Waals surface area contributed by atoms with Crippen molar-refractivity contribution in [2.75, 3.05) is 26.8 Å². The van der Waals surface area contributed by atoms with Gasteiger partial charge in [-0.1, -0.05) is 0 Å². The molecule has 26 heavy (non-hydrogen) atoms. The number of nitrogens with zero attached hydrogens (tertiary/aromatic N) is 1. The van der Waals surface area contributed by atoms with Gasteiger partial charge in [-0.05, 0) is 51.3 Å². The fraction of sp³-hybridized carbons (Fsp3) is 0.579. The Morgan fingerprint density at radius 2 is 2.08 bits per heavy atom. The lowest BCUT2D eigenvalue weighted by Crippen LogP contribution is -2.47. The fourth-order valence-electron chi connectivity index (χ4n) is 3.11. The molecular formula is C19H29N3O4. The zero-order chi connectivity index (χ0) is 19.1. The Labute approximate surface area is 154 Å². The Morgan fingerprint density at radius 3 is 2.73 bits per heavy atom. The molecule has 1 atom stereocenters. The number of hydrogen-bond donors (Lipinski definition) is 2. The summed E-state index contributed by atoms with van der Waals surface area (Å²) >= 11 is 0. The van der Waals surface area contributed by atoms with Gasteiger partial charge in [0, 0.05) is 30.7 Å². The molecule has 1 aliphatic rings. The molecule has 0 aromatic heterocycles. The van der Waals surface area contributed by atoms with Crippen LogP contribution in [0.4, 0.5) is 0 Å². The maximum Gasteiger partial charge on any atom is 0.258 e. The molecule has 0 aliphatic carbocycles. The lowest BCUT2D eigenvalue weighted by atomic mass is 10.0. The summed E-state index contributed by atoms with van der Waals surface area (Å²) in [4.78, 5) is 26.4. The van der Waals surface area contributed by atoms with Crippen molar-refractivity contribution < 1.29 is 19.1 Å². The number of methoxy groups -OCH3 is 1. The minimum atomic E-state index is -0.207. The summed E-state index contributed by atoms with van der Waals surface area (Å²) in [5.41, 5.74) is 6.34. The smallest absolute Gasteiger partial charge is 0.258 e. The first kappa shape index (κ1) is 20.0. The lowest BCUT2D eigenvalue weighted by molar-refractivity contribution is -0.123. The van der Waals surface area contributed by atoms with Crippen molar-refractivity contribution in [2.24, 2.45) is 5.73 Å². The Hall–Kier alpha value is -2.28.